The molecule has 5 heteroatoms. The van der Waals surface area contributed by atoms with Gasteiger partial charge in [0.2, 0.25) is 5.96 Å². The van der Waals surface area contributed by atoms with E-state index in [4.69, 9.17) is 0 Å². The Bertz CT molecular complexity index is 289. The van der Waals surface area contributed by atoms with Gasteiger partial charge < -0.3 is 0 Å². The minimum atomic E-state index is -0.621. The normalized spacial score (nSPS) is 23.9. The van der Waals surface area contributed by atoms with Gasteiger partial charge in [-0.1, -0.05) is 6.42 Å². The Kier molecular flexibility index (Phi) is 2.23. The van der Waals surface area contributed by atoms with E-state index >= 15 is 0 Å². The molecule has 1 heterocycles. The van der Waals surface area contributed by atoms with Crippen molar-refractivity contribution in [3.05, 3.63) is 0 Å². The summed E-state index contributed by atoms with van der Waals surface area (Å²) in [5.41, 5.74) is 0. The molecule has 14 heavy (non-hydrogen) atoms. The van der Waals surface area contributed by atoms with Crippen molar-refractivity contribution in [2.75, 3.05) is 0 Å². The van der Waals surface area contributed by atoms with Gasteiger partial charge in [0.25, 0.3) is 0 Å². The van der Waals surface area contributed by atoms with Gasteiger partial charge in [0, 0.05) is 0 Å². The van der Waals surface area contributed by atoms with Crippen LogP contribution in [0.15, 0.2) is 4.99 Å². The molecule has 1 atom stereocenters. The second-order valence-electron chi connectivity index (χ2n) is 3.82. The molecule has 76 valence electrons. The Morgan fingerprint density at radius 2 is 1.86 bits per heavy atom. The van der Waals surface area contributed by atoms with E-state index in [0.29, 0.717) is 11.9 Å². The third kappa shape index (κ3) is 1.62. The first kappa shape index (κ1) is 9.18. The molecule has 1 aliphatic heterocycles. The van der Waals surface area contributed by atoms with Crippen LogP contribution in [-0.2, 0) is 9.59 Å². The molecule has 0 radical (unpaired) electrons. The molecular weight excluding hydrogens is 182 g/mol. The van der Waals surface area contributed by atoms with E-state index in [2.05, 4.69) is 15.6 Å². The van der Waals surface area contributed by atoms with Crippen LogP contribution in [0.2, 0.25) is 0 Å². The molecule has 2 aliphatic rings. The lowest BCUT2D eigenvalue weighted by Gasteiger charge is -2.28. The van der Waals surface area contributed by atoms with Gasteiger partial charge in [-0.3, -0.25) is 20.2 Å². The topological polar surface area (TPSA) is 70.6 Å². The number of carbonyl (C=O) groups excluding carboxylic acids is 2. The lowest BCUT2D eigenvalue weighted by atomic mass is 9.81. The van der Waals surface area contributed by atoms with Crippen LogP contribution < -0.4 is 10.6 Å². The van der Waals surface area contributed by atoms with Crippen LogP contribution in [0, 0.1) is 5.92 Å². The van der Waals surface area contributed by atoms with Crippen molar-refractivity contribution in [2.45, 2.75) is 32.2 Å². The third-order valence-electron chi connectivity index (χ3n) is 2.83. The Morgan fingerprint density at radius 3 is 2.29 bits per heavy atom. The molecule has 1 aliphatic carbocycles. The maximum absolute atomic E-state index is 10.8. The second-order valence-corrected chi connectivity index (χ2v) is 3.82. The van der Waals surface area contributed by atoms with Crippen LogP contribution in [0.4, 0.5) is 0 Å². The first-order valence-electron chi connectivity index (χ1n) is 4.87. The number of hydrogen-bond donors (Lipinski definition) is 2. The average molecular weight is 195 g/mol. The van der Waals surface area contributed by atoms with Gasteiger partial charge >= 0.3 is 11.8 Å². The molecule has 2 rings (SSSR count). The standard InChI is InChI=1S/C9H13N3O2/c1-5(6-3-2-4-6)10-9-11-7(13)8(14)12-9/h5-6H,2-4H2,1H3,(H2,10,11,12,13,14). The van der Waals surface area contributed by atoms with Crippen LogP contribution in [0.3, 0.4) is 0 Å². The molecule has 0 aromatic carbocycles. The molecule has 2 amide bonds. The van der Waals surface area contributed by atoms with Crippen LogP contribution in [0.1, 0.15) is 26.2 Å². The summed E-state index contributed by atoms with van der Waals surface area (Å²) in [6.07, 6.45) is 3.65. The summed E-state index contributed by atoms with van der Waals surface area (Å²) in [4.78, 5) is 25.9. The first-order valence-corrected chi connectivity index (χ1v) is 4.87. The number of nitrogens with zero attached hydrogens (tertiary/aromatic N) is 1. The molecule has 1 unspecified atom stereocenters. The van der Waals surface area contributed by atoms with Gasteiger partial charge in [-0.25, -0.2) is 4.99 Å². The smallest absolute Gasteiger partial charge is 0.288 e. The fourth-order valence-corrected chi connectivity index (χ4v) is 1.66. The van der Waals surface area contributed by atoms with Gasteiger partial charge in [-0.15, -0.1) is 0 Å². The zero-order valence-corrected chi connectivity index (χ0v) is 8.04. The predicted molar refractivity (Wildman–Crippen MR) is 50.5 cm³/mol. The highest BCUT2D eigenvalue weighted by Gasteiger charge is 2.28. The van der Waals surface area contributed by atoms with E-state index in [0.717, 1.165) is 0 Å². The molecule has 2 N–H and O–H groups in total. The van der Waals surface area contributed by atoms with Crippen molar-refractivity contribution in [1.82, 2.24) is 10.6 Å². The highest BCUT2D eigenvalue weighted by atomic mass is 16.2. The van der Waals surface area contributed by atoms with Crippen LogP contribution in [0.25, 0.3) is 0 Å². The van der Waals surface area contributed by atoms with Gasteiger partial charge in [-0.2, -0.15) is 0 Å². The molecule has 2 fully saturated rings. The number of guanidine groups is 1. The molecule has 5 nitrogen and oxygen atoms in total. The van der Waals surface area contributed by atoms with Gasteiger partial charge in [0.15, 0.2) is 0 Å². The number of aliphatic imine (C=N–C) groups is 1. The third-order valence-corrected chi connectivity index (χ3v) is 2.83. The second kappa shape index (κ2) is 3.40. The summed E-state index contributed by atoms with van der Waals surface area (Å²) in [6.45, 7) is 2.01. The molecule has 0 aromatic heterocycles. The lowest BCUT2D eigenvalue weighted by Crippen LogP contribution is -2.31. The monoisotopic (exact) mass is 195 g/mol. The maximum Gasteiger partial charge on any atom is 0.316 e. The number of hydrogen-bond acceptors (Lipinski definition) is 3. The summed E-state index contributed by atoms with van der Waals surface area (Å²) in [7, 11) is 0. The zero-order chi connectivity index (χ0) is 10.1. The number of rotatable bonds is 2. The first-order chi connectivity index (χ1) is 6.66. The Morgan fingerprint density at radius 1 is 1.29 bits per heavy atom. The highest BCUT2D eigenvalue weighted by molar-refractivity contribution is 6.45. The Labute approximate surface area is 82.0 Å². The number of nitrogens with one attached hydrogen (secondary N) is 2. The van der Waals surface area contributed by atoms with E-state index in [1.165, 1.54) is 19.3 Å². The molecule has 0 bridgehead atoms. The fraction of sp³-hybridized carbons (Fsp3) is 0.667. The average Bonchev–Trinajstić information content (AvgIpc) is 2.26. The number of carbonyl (C=O) groups is 2. The number of amides is 2. The van der Waals surface area contributed by atoms with Gasteiger partial charge in [0.1, 0.15) is 0 Å². The maximum atomic E-state index is 10.8. The van der Waals surface area contributed by atoms with Crippen molar-refractivity contribution in [2.24, 2.45) is 10.9 Å². The highest BCUT2D eigenvalue weighted by Crippen LogP contribution is 2.30. The molecule has 0 spiro atoms. The van der Waals surface area contributed by atoms with Crippen LogP contribution in [0.5, 0.6) is 0 Å². The predicted octanol–water partition coefficient (Wildman–Crippen LogP) is -0.223. The van der Waals surface area contributed by atoms with Gasteiger partial charge in [0.05, 0.1) is 6.04 Å². The van der Waals surface area contributed by atoms with E-state index in [1.807, 2.05) is 6.92 Å². The summed E-state index contributed by atoms with van der Waals surface area (Å²) < 4.78 is 0. The van der Waals surface area contributed by atoms with Crippen molar-refractivity contribution < 1.29 is 9.59 Å². The summed E-state index contributed by atoms with van der Waals surface area (Å²) >= 11 is 0. The fourth-order valence-electron chi connectivity index (χ4n) is 1.66. The Balaban J connectivity index is 1.97. The van der Waals surface area contributed by atoms with E-state index < -0.39 is 11.8 Å². The van der Waals surface area contributed by atoms with Crippen LogP contribution >= 0.6 is 0 Å². The van der Waals surface area contributed by atoms with E-state index in [9.17, 15) is 9.59 Å². The van der Waals surface area contributed by atoms with E-state index in [-0.39, 0.29) is 6.04 Å². The van der Waals surface area contributed by atoms with Crippen molar-refractivity contribution in [1.29, 1.82) is 0 Å². The van der Waals surface area contributed by atoms with Crippen LogP contribution in [-0.4, -0.2) is 23.8 Å². The van der Waals surface area contributed by atoms with Crippen molar-refractivity contribution >= 4 is 17.8 Å². The molecule has 1 saturated heterocycles. The summed E-state index contributed by atoms with van der Waals surface area (Å²) in [5, 5.41) is 4.78. The lowest BCUT2D eigenvalue weighted by molar-refractivity contribution is -0.135. The van der Waals surface area contributed by atoms with Crippen molar-refractivity contribution in [3.8, 4) is 0 Å². The van der Waals surface area contributed by atoms with E-state index in [1.54, 1.807) is 0 Å². The quantitative estimate of drug-likeness (QED) is 0.598. The summed E-state index contributed by atoms with van der Waals surface area (Å²) in [5.74, 6) is -0.328. The molecule has 0 aromatic rings. The SMILES string of the molecule is CC(N=C1NC(=O)C(=O)N1)C1CCC1. The summed E-state index contributed by atoms with van der Waals surface area (Å²) in [6, 6.07) is 0.178. The zero-order valence-electron chi connectivity index (χ0n) is 8.04. The largest absolute Gasteiger partial charge is 0.316 e. The minimum absolute atomic E-state index is 0.178. The molecular formula is C9H13N3O2. The van der Waals surface area contributed by atoms with Gasteiger partial charge in [-0.05, 0) is 25.7 Å². The molecule has 1 saturated carbocycles. The Hall–Kier alpha value is -1.39. The van der Waals surface area contributed by atoms with Crippen molar-refractivity contribution in [3.63, 3.8) is 0 Å². The minimum Gasteiger partial charge on any atom is -0.288 e.